The highest BCUT2D eigenvalue weighted by molar-refractivity contribution is 6.30. The first-order chi connectivity index (χ1) is 14.1. The van der Waals surface area contributed by atoms with Crippen LogP contribution in [0.1, 0.15) is 23.8 Å². The fourth-order valence-electron chi connectivity index (χ4n) is 3.00. The Labute approximate surface area is 171 Å². The molecule has 0 saturated heterocycles. The molecule has 2 aliphatic heterocycles. The topological polar surface area (TPSA) is 90.6 Å². The van der Waals surface area contributed by atoms with Crippen LogP contribution in [-0.4, -0.2) is 42.4 Å². The molecule has 0 N–H and O–H groups in total. The van der Waals surface area contributed by atoms with E-state index in [0.29, 0.717) is 29.5 Å². The van der Waals surface area contributed by atoms with E-state index >= 15 is 0 Å². The van der Waals surface area contributed by atoms with Crippen LogP contribution in [0.3, 0.4) is 0 Å². The van der Waals surface area contributed by atoms with Gasteiger partial charge in [0.05, 0.1) is 12.0 Å². The minimum atomic E-state index is -0.770. The van der Waals surface area contributed by atoms with Crippen LogP contribution in [0.4, 0.5) is 0 Å². The van der Waals surface area contributed by atoms with Gasteiger partial charge in [-0.05, 0) is 29.8 Å². The number of furan rings is 1. The van der Waals surface area contributed by atoms with E-state index in [-0.39, 0.29) is 12.4 Å². The zero-order valence-corrected chi connectivity index (χ0v) is 16.0. The first-order valence-electron chi connectivity index (χ1n) is 8.92. The fourth-order valence-corrected chi connectivity index (χ4v) is 3.13. The Morgan fingerprint density at radius 2 is 2.03 bits per heavy atom. The summed E-state index contributed by atoms with van der Waals surface area (Å²) >= 11 is 5.95. The number of hydrogen-bond donors (Lipinski definition) is 0. The fraction of sp³-hybridized carbons (Fsp3) is 0.250. The maximum Gasteiger partial charge on any atom is 0.377 e. The van der Waals surface area contributed by atoms with Crippen molar-refractivity contribution in [3.63, 3.8) is 0 Å². The van der Waals surface area contributed by atoms with Crippen molar-refractivity contribution in [3.8, 4) is 0 Å². The SMILES string of the molecule is O=C(OCC(=O)N1N=C(c2ccc(Cl)cc2)C[C@H]1c1ccco1)C1=COCCO1. The van der Waals surface area contributed by atoms with Crippen LogP contribution in [0.5, 0.6) is 0 Å². The number of carbonyl (C=O) groups excluding carboxylic acids is 2. The lowest BCUT2D eigenvalue weighted by Crippen LogP contribution is -2.31. The number of halogens is 1. The van der Waals surface area contributed by atoms with E-state index in [9.17, 15) is 9.59 Å². The Kier molecular flexibility index (Phi) is 5.53. The second-order valence-corrected chi connectivity index (χ2v) is 6.74. The van der Waals surface area contributed by atoms with Crippen LogP contribution >= 0.6 is 11.6 Å². The van der Waals surface area contributed by atoms with Crippen LogP contribution in [0.2, 0.25) is 5.02 Å². The van der Waals surface area contributed by atoms with Crippen molar-refractivity contribution in [2.75, 3.05) is 19.8 Å². The van der Waals surface area contributed by atoms with Gasteiger partial charge in [-0.1, -0.05) is 23.7 Å². The number of hydrazone groups is 1. The number of nitrogens with zero attached hydrogens (tertiary/aromatic N) is 2. The molecule has 2 aliphatic rings. The summed E-state index contributed by atoms with van der Waals surface area (Å²) in [6.07, 6.45) is 3.16. The maximum absolute atomic E-state index is 12.8. The van der Waals surface area contributed by atoms with Crippen molar-refractivity contribution in [2.45, 2.75) is 12.5 Å². The average molecular weight is 417 g/mol. The number of benzene rings is 1. The number of ether oxygens (including phenoxy) is 3. The smallest absolute Gasteiger partial charge is 0.377 e. The quantitative estimate of drug-likeness (QED) is 0.696. The van der Waals surface area contributed by atoms with E-state index in [1.807, 2.05) is 12.1 Å². The van der Waals surface area contributed by atoms with Crippen LogP contribution in [0.25, 0.3) is 0 Å². The molecule has 9 heteroatoms. The molecule has 1 amide bonds. The van der Waals surface area contributed by atoms with E-state index in [0.717, 1.165) is 5.56 Å². The molecule has 0 unspecified atom stereocenters. The summed E-state index contributed by atoms with van der Waals surface area (Å²) in [4.78, 5) is 24.8. The molecule has 1 aromatic carbocycles. The highest BCUT2D eigenvalue weighted by Crippen LogP contribution is 2.33. The molecular formula is C20H17ClN2O6. The molecule has 3 heterocycles. The average Bonchev–Trinajstić information content (AvgIpc) is 3.43. The van der Waals surface area contributed by atoms with Gasteiger partial charge >= 0.3 is 5.97 Å². The van der Waals surface area contributed by atoms with Crippen molar-refractivity contribution in [1.82, 2.24) is 5.01 Å². The zero-order chi connectivity index (χ0) is 20.2. The third-order valence-electron chi connectivity index (χ3n) is 4.39. The summed E-state index contributed by atoms with van der Waals surface area (Å²) in [5, 5.41) is 6.34. The molecule has 8 nitrogen and oxygen atoms in total. The second-order valence-electron chi connectivity index (χ2n) is 6.30. The Morgan fingerprint density at radius 3 is 2.72 bits per heavy atom. The molecule has 0 fully saturated rings. The van der Waals surface area contributed by atoms with Crippen LogP contribution in [0, 0.1) is 0 Å². The molecule has 0 radical (unpaired) electrons. The normalized spacial score (nSPS) is 18.4. The minimum absolute atomic E-state index is 0.0709. The summed E-state index contributed by atoms with van der Waals surface area (Å²) in [5.41, 5.74) is 1.55. The van der Waals surface area contributed by atoms with Crippen LogP contribution in [0.15, 0.2) is 64.2 Å². The Balaban J connectivity index is 1.49. The molecule has 29 heavy (non-hydrogen) atoms. The largest absolute Gasteiger partial charge is 0.493 e. The monoisotopic (exact) mass is 416 g/mol. The van der Waals surface area contributed by atoms with Crippen molar-refractivity contribution in [1.29, 1.82) is 0 Å². The maximum atomic E-state index is 12.8. The molecule has 4 rings (SSSR count). The van der Waals surface area contributed by atoms with Gasteiger partial charge in [-0.3, -0.25) is 4.79 Å². The molecule has 1 aromatic heterocycles. The van der Waals surface area contributed by atoms with E-state index in [2.05, 4.69) is 5.10 Å². The van der Waals surface area contributed by atoms with E-state index in [1.165, 1.54) is 17.5 Å². The number of hydrogen-bond acceptors (Lipinski definition) is 7. The molecule has 1 atom stereocenters. The van der Waals surface area contributed by atoms with Crippen LogP contribution in [-0.2, 0) is 23.8 Å². The van der Waals surface area contributed by atoms with Gasteiger partial charge in [0.2, 0.25) is 5.76 Å². The van der Waals surface area contributed by atoms with Crippen LogP contribution < -0.4 is 0 Å². The van der Waals surface area contributed by atoms with Gasteiger partial charge in [0.25, 0.3) is 5.91 Å². The van der Waals surface area contributed by atoms with Gasteiger partial charge in [-0.15, -0.1) is 0 Å². The van der Waals surface area contributed by atoms with E-state index < -0.39 is 24.5 Å². The third-order valence-corrected chi connectivity index (χ3v) is 4.64. The molecular weight excluding hydrogens is 400 g/mol. The summed E-state index contributed by atoms with van der Waals surface area (Å²) in [7, 11) is 0. The van der Waals surface area contributed by atoms with Gasteiger partial charge in [0.15, 0.2) is 6.61 Å². The van der Waals surface area contributed by atoms with Gasteiger partial charge in [0, 0.05) is 11.4 Å². The van der Waals surface area contributed by atoms with Gasteiger partial charge in [0.1, 0.15) is 31.3 Å². The van der Waals surface area contributed by atoms with Gasteiger partial charge in [-0.25, -0.2) is 9.80 Å². The lowest BCUT2D eigenvalue weighted by Gasteiger charge is -2.20. The summed E-state index contributed by atoms with van der Waals surface area (Å²) < 4.78 is 20.7. The zero-order valence-electron chi connectivity index (χ0n) is 15.2. The highest BCUT2D eigenvalue weighted by atomic mass is 35.5. The van der Waals surface area contributed by atoms with E-state index in [4.69, 9.17) is 30.2 Å². The number of amides is 1. The summed E-state index contributed by atoms with van der Waals surface area (Å²) in [6.45, 7) is 0.112. The van der Waals surface area contributed by atoms with E-state index in [1.54, 1.807) is 24.3 Å². The van der Waals surface area contributed by atoms with Crippen molar-refractivity contribution >= 4 is 29.2 Å². The number of rotatable bonds is 5. The van der Waals surface area contributed by atoms with Crippen molar-refractivity contribution in [2.24, 2.45) is 5.10 Å². The predicted molar refractivity (Wildman–Crippen MR) is 102 cm³/mol. The minimum Gasteiger partial charge on any atom is -0.493 e. The Bertz CT molecular complexity index is 952. The Morgan fingerprint density at radius 1 is 1.21 bits per heavy atom. The van der Waals surface area contributed by atoms with Gasteiger partial charge < -0.3 is 18.6 Å². The second kappa shape index (κ2) is 8.40. The molecule has 0 spiro atoms. The molecule has 150 valence electrons. The lowest BCUT2D eigenvalue weighted by molar-refractivity contribution is -0.153. The van der Waals surface area contributed by atoms with Crippen molar-refractivity contribution < 1.29 is 28.2 Å². The third kappa shape index (κ3) is 4.27. The molecule has 2 aromatic rings. The van der Waals surface area contributed by atoms with Crippen molar-refractivity contribution in [3.05, 3.63) is 71.0 Å². The first kappa shape index (κ1) is 19.1. The lowest BCUT2D eigenvalue weighted by atomic mass is 10.0. The standard InChI is InChI=1S/C20H17ClN2O6/c21-14-5-3-13(4-6-14)15-10-16(17-2-1-7-27-17)23(22-15)19(24)12-29-20(25)18-11-26-8-9-28-18/h1-7,11,16H,8-10,12H2/t16-/m0/s1. The summed E-state index contributed by atoms with van der Waals surface area (Å²) in [5.74, 6) is -0.739. The Hall–Kier alpha value is -3.26. The molecule has 0 saturated carbocycles. The predicted octanol–water partition coefficient (Wildman–Crippen LogP) is 3.04. The molecule has 0 bridgehead atoms. The summed E-state index contributed by atoms with van der Waals surface area (Å²) in [6, 6.07) is 10.3. The molecule has 0 aliphatic carbocycles. The number of esters is 1. The first-order valence-corrected chi connectivity index (χ1v) is 9.30. The number of carbonyl (C=O) groups is 2. The van der Waals surface area contributed by atoms with Gasteiger partial charge in [-0.2, -0.15) is 5.10 Å². The highest BCUT2D eigenvalue weighted by Gasteiger charge is 2.35.